The molecule has 8 heteroatoms. The number of amidine groups is 1. The van der Waals surface area contributed by atoms with Gasteiger partial charge in [0.25, 0.3) is 10.0 Å². The van der Waals surface area contributed by atoms with E-state index in [2.05, 4.69) is 27.3 Å². The Bertz CT molecular complexity index is 745. The standard InChI is InChI=1S/C15H20N4O3S/c1-10-8-11(6-7-16-10)18-14(20)9-17-15-12-4-2-3-5-13(12)23(21,22)19-15/h2-5,10-11,16H,6-9H2,1H3,(H,17,19)(H,18,20). The lowest BCUT2D eigenvalue weighted by atomic mass is 10.0. The van der Waals surface area contributed by atoms with Gasteiger partial charge in [-0.15, -0.1) is 0 Å². The summed E-state index contributed by atoms with van der Waals surface area (Å²) in [5.74, 6) is 0.0367. The highest BCUT2D eigenvalue weighted by Crippen LogP contribution is 2.22. The molecule has 0 aromatic heterocycles. The number of aliphatic imine (C=N–C) groups is 1. The summed E-state index contributed by atoms with van der Waals surface area (Å²) in [4.78, 5) is 16.4. The van der Waals surface area contributed by atoms with Crippen molar-refractivity contribution in [2.24, 2.45) is 4.99 Å². The van der Waals surface area contributed by atoms with Gasteiger partial charge in [0.05, 0.1) is 4.90 Å². The second kappa shape index (κ2) is 6.29. The number of piperidine rings is 1. The Hall–Kier alpha value is -1.93. The number of carbonyl (C=O) groups is 1. The van der Waals surface area contributed by atoms with Crippen molar-refractivity contribution in [3.63, 3.8) is 0 Å². The highest BCUT2D eigenvalue weighted by atomic mass is 32.2. The summed E-state index contributed by atoms with van der Waals surface area (Å²) >= 11 is 0. The summed E-state index contributed by atoms with van der Waals surface area (Å²) in [6.45, 7) is 2.88. The van der Waals surface area contributed by atoms with E-state index in [-0.39, 0.29) is 29.2 Å². The van der Waals surface area contributed by atoms with Gasteiger partial charge in [0, 0.05) is 17.6 Å². The van der Waals surface area contributed by atoms with Gasteiger partial charge in [-0.25, -0.2) is 8.42 Å². The molecule has 2 atom stereocenters. The van der Waals surface area contributed by atoms with E-state index in [1.807, 2.05) is 0 Å². The van der Waals surface area contributed by atoms with E-state index >= 15 is 0 Å². The Labute approximate surface area is 135 Å². The zero-order chi connectivity index (χ0) is 16.4. The van der Waals surface area contributed by atoms with Crippen LogP contribution in [-0.2, 0) is 14.8 Å². The molecule has 1 fully saturated rings. The molecule has 0 bridgehead atoms. The lowest BCUT2D eigenvalue weighted by Crippen LogP contribution is -2.47. The number of benzene rings is 1. The number of hydrogen-bond donors (Lipinski definition) is 3. The fourth-order valence-corrected chi connectivity index (χ4v) is 4.19. The van der Waals surface area contributed by atoms with E-state index in [1.54, 1.807) is 18.2 Å². The van der Waals surface area contributed by atoms with Crippen molar-refractivity contribution in [3.05, 3.63) is 29.8 Å². The van der Waals surface area contributed by atoms with E-state index < -0.39 is 10.0 Å². The maximum absolute atomic E-state index is 12.0. The molecule has 124 valence electrons. The van der Waals surface area contributed by atoms with E-state index in [0.717, 1.165) is 19.4 Å². The van der Waals surface area contributed by atoms with E-state index in [9.17, 15) is 13.2 Å². The summed E-state index contributed by atoms with van der Waals surface area (Å²) < 4.78 is 26.3. The van der Waals surface area contributed by atoms with E-state index in [1.165, 1.54) is 6.07 Å². The van der Waals surface area contributed by atoms with Crippen LogP contribution in [0.3, 0.4) is 0 Å². The first-order valence-corrected chi connectivity index (χ1v) is 9.13. The predicted molar refractivity (Wildman–Crippen MR) is 86.8 cm³/mol. The van der Waals surface area contributed by atoms with Gasteiger partial charge in [0.1, 0.15) is 12.4 Å². The summed E-state index contributed by atoms with van der Waals surface area (Å²) in [6.07, 6.45) is 1.78. The smallest absolute Gasteiger partial charge is 0.263 e. The Morgan fingerprint density at radius 1 is 1.39 bits per heavy atom. The van der Waals surface area contributed by atoms with Gasteiger partial charge in [-0.2, -0.15) is 0 Å². The molecule has 7 nitrogen and oxygen atoms in total. The number of nitrogens with one attached hydrogen (secondary N) is 3. The molecule has 2 aliphatic rings. The first-order valence-electron chi connectivity index (χ1n) is 7.65. The molecule has 23 heavy (non-hydrogen) atoms. The first kappa shape index (κ1) is 15.9. The molecule has 1 saturated heterocycles. The molecule has 2 aliphatic heterocycles. The minimum absolute atomic E-state index is 0.0928. The zero-order valence-electron chi connectivity index (χ0n) is 12.9. The molecule has 0 aliphatic carbocycles. The van der Waals surface area contributed by atoms with Gasteiger partial charge >= 0.3 is 0 Å². The number of hydrogen-bond acceptors (Lipinski definition) is 5. The second-order valence-corrected chi connectivity index (χ2v) is 7.56. The van der Waals surface area contributed by atoms with Gasteiger partial charge in [-0.1, -0.05) is 12.1 Å². The highest BCUT2D eigenvalue weighted by molar-refractivity contribution is 7.90. The topological polar surface area (TPSA) is 99.7 Å². The molecule has 0 saturated carbocycles. The molecule has 1 aromatic rings. The average Bonchev–Trinajstić information content (AvgIpc) is 2.77. The fourth-order valence-electron chi connectivity index (χ4n) is 2.94. The van der Waals surface area contributed by atoms with Gasteiger partial charge in [-0.05, 0) is 38.4 Å². The zero-order valence-corrected chi connectivity index (χ0v) is 13.7. The Morgan fingerprint density at radius 3 is 2.96 bits per heavy atom. The fraction of sp³-hybridized carbons (Fsp3) is 0.467. The van der Waals surface area contributed by atoms with Gasteiger partial charge < -0.3 is 10.6 Å². The van der Waals surface area contributed by atoms with Crippen LogP contribution in [-0.4, -0.2) is 45.3 Å². The van der Waals surface area contributed by atoms with E-state index in [0.29, 0.717) is 11.6 Å². The third-order valence-electron chi connectivity index (χ3n) is 4.03. The molecular weight excluding hydrogens is 316 g/mol. The van der Waals surface area contributed by atoms with Crippen LogP contribution in [0.2, 0.25) is 0 Å². The van der Waals surface area contributed by atoms with Crippen molar-refractivity contribution >= 4 is 21.8 Å². The average molecular weight is 336 g/mol. The van der Waals surface area contributed by atoms with Crippen LogP contribution in [0.4, 0.5) is 0 Å². The minimum atomic E-state index is -3.56. The summed E-state index contributed by atoms with van der Waals surface area (Å²) in [5, 5.41) is 6.28. The maximum Gasteiger partial charge on any atom is 0.263 e. The molecule has 1 aromatic carbocycles. The Kier molecular flexibility index (Phi) is 4.36. The van der Waals surface area contributed by atoms with Crippen molar-refractivity contribution in [3.8, 4) is 0 Å². The number of rotatable bonds is 3. The molecular formula is C15H20N4O3S. The van der Waals surface area contributed by atoms with Crippen LogP contribution in [0.5, 0.6) is 0 Å². The van der Waals surface area contributed by atoms with Crippen molar-refractivity contribution in [2.75, 3.05) is 13.1 Å². The Balaban J connectivity index is 1.66. The van der Waals surface area contributed by atoms with Crippen molar-refractivity contribution in [2.45, 2.75) is 36.7 Å². The summed E-state index contributed by atoms with van der Waals surface area (Å²) in [6, 6.07) is 7.13. The molecule has 3 rings (SSSR count). The first-order chi connectivity index (χ1) is 11.0. The normalized spacial score (nSPS) is 27.3. The molecule has 3 N–H and O–H groups in total. The number of fused-ring (bicyclic) bond motifs is 1. The van der Waals surface area contributed by atoms with E-state index in [4.69, 9.17) is 0 Å². The van der Waals surface area contributed by atoms with Crippen molar-refractivity contribution in [1.82, 2.24) is 15.4 Å². The summed E-state index contributed by atoms with van der Waals surface area (Å²) in [7, 11) is -3.56. The molecule has 1 amide bonds. The number of sulfonamides is 1. The minimum Gasteiger partial charge on any atom is -0.352 e. The third-order valence-corrected chi connectivity index (χ3v) is 5.43. The quantitative estimate of drug-likeness (QED) is 0.722. The van der Waals surface area contributed by atoms with Crippen LogP contribution in [0.15, 0.2) is 34.2 Å². The molecule has 2 unspecified atom stereocenters. The van der Waals surface area contributed by atoms with Crippen molar-refractivity contribution < 1.29 is 13.2 Å². The third kappa shape index (κ3) is 3.53. The highest BCUT2D eigenvalue weighted by Gasteiger charge is 2.30. The number of nitrogens with zero attached hydrogens (tertiary/aromatic N) is 1. The lowest BCUT2D eigenvalue weighted by molar-refractivity contribution is -0.120. The second-order valence-electron chi connectivity index (χ2n) is 5.91. The molecule has 0 spiro atoms. The maximum atomic E-state index is 12.0. The van der Waals surface area contributed by atoms with Crippen LogP contribution in [0.1, 0.15) is 25.3 Å². The molecule has 2 heterocycles. The predicted octanol–water partition coefficient (Wildman–Crippen LogP) is -0.0182. The van der Waals surface area contributed by atoms with Gasteiger partial charge in [0.2, 0.25) is 5.91 Å². The van der Waals surface area contributed by atoms with Crippen LogP contribution >= 0.6 is 0 Å². The van der Waals surface area contributed by atoms with Crippen LogP contribution in [0, 0.1) is 0 Å². The number of carbonyl (C=O) groups excluding carboxylic acids is 1. The number of amides is 1. The lowest BCUT2D eigenvalue weighted by Gasteiger charge is -2.28. The molecule has 0 radical (unpaired) electrons. The monoisotopic (exact) mass is 336 g/mol. The van der Waals surface area contributed by atoms with Crippen LogP contribution < -0.4 is 15.4 Å². The largest absolute Gasteiger partial charge is 0.352 e. The van der Waals surface area contributed by atoms with Gasteiger partial charge in [0.15, 0.2) is 0 Å². The summed E-state index contributed by atoms with van der Waals surface area (Å²) in [5.41, 5.74) is 0.510. The Morgan fingerprint density at radius 2 is 2.17 bits per heavy atom. The van der Waals surface area contributed by atoms with Crippen LogP contribution in [0.25, 0.3) is 0 Å². The van der Waals surface area contributed by atoms with Crippen molar-refractivity contribution in [1.29, 1.82) is 0 Å². The SMILES string of the molecule is CC1CC(NC(=O)CN=C2NS(=O)(=O)c3ccccc32)CCN1. The van der Waals surface area contributed by atoms with Gasteiger partial charge in [-0.3, -0.25) is 14.5 Å².